The summed E-state index contributed by atoms with van der Waals surface area (Å²) in [7, 11) is 0. The molecule has 1 fully saturated rings. The number of unbranched alkanes of at least 4 members (excludes halogenated alkanes) is 1. The lowest BCUT2D eigenvalue weighted by Gasteiger charge is -2.20. The summed E-state index contributed by atoms with van der Waals surface area (Å²) in [6, 6.07) is 8.75. The first-order valence-electron chi connectivity index (χ1n) is 9.61. The lowest BCUT2D eigenvalue weighted by molar-refractivity contribution is 0.271. The van der Waals surface area contributed by atoms with Crippen molar-refractivity contribution in [2.45, 2.75) is 58.9 Å². The van der Waals surface area contributed by atoms with Crippen LogP contribution in [0.15, 0.2) is 28.7 Å². The largest absolute Gasteiger partial charge is 0.494 e. The van der Waals surface area contributed by atoms with E-state index in [0.29, 0.717) is 11.9 Å². The molecule has 5 heteroatoms. The molecule has 3 rings (SSSR count). The van der Waals surface area contributed by atoms with Crippen molar-refractivity contribution in [3.8, 4) is 17.2 Å². The van der Waals surface area contributed by atoms with Crippen molar-refractivity contribution in [1.82, 2.24) is 9.88 Å². The molecule has 2 heterocycles. The second-order valence-electron chi connectivity index (χ2n) is 7.03. The minimum atomic E-state index is 0. The van der Waals surface area contributed by atoms with Crippen molar-refractivity contribution < 1.29 is 9.15 Å². The lowest BCUT2D eigenvalue weighted by atomic mass is 10.2. The van der Waals surface area contributed by atoms with Gasteiger partial charge in [-0.15, -0.1) is 12.4 Å². The van der Waals surface area contributed by atoms with E-state index in [2.05, 4.69) is 18.7 Å². The predicted molar refractivity (Wildman–Crippen MR) is 108 cm³/mol. The van der Waals surface area contributed by atoms with E-state index in [9.17, 15) is 0 Å². The topological polar surface area (TPSA) is 38.5 Å². The zero-order chi connectivity index (χ0) is 17.6. The van der Waals surface area contributed by atoms with Gasteiger partial charge in [-0.3, -0.25) is 0 Å². The summed E-state index contributed by atoms with van der Waals surface area (Å²) in [4.78, 5) is 7.29. The number of oxazole rings is 1. The SMILES string of the molecule is CCCCOc1ccc(-c2nc(CCN3CCCC3C)c(C)o2)cc1.Cl. The van der Waals surface area contributed by atoms with Gasteiger partial charge in [-0.05, 0) is 63.9 Å². The second-order valence-corrected chi connectivity index (χ2v) is 7.03. The maximum absolute atomic E-state index is 5.91. The Hall–Kier alpha value is -1.52. The quantitative estimate of drug-likeness (QED) is 0.586. The van der Waals surface area contributed by atoms with Gasteiger partial charge in [0.15, 0.2) is 0 Å². The average Bonchev–Trinajstić information content (AvgIpc) is 3.19. The van der Waals surface area contributed by atoms with E-state index in [4.69, 9.17) is 14.1 Å². The molecule has 1 saturated heterocycles. The standard InChI is InChI=1S/C21H30N2O2.ClH/c1-4-5-15-24-19-10-8-18(9-11-19)21-22-20(17(3)25-21)12-14-23-13-6-7-16(23)2;/h8-11,16H,4-7,12-15H2,1-3H3;1H. The van der Waals surface area contributed by atoms with Gasteiger partial charge in [0.05, 0.1) is 12.3 Å². The van der Waals surface area contributed by atoms with Crippen LogP contribution in [0.1, 0.15) is 51.0 Å². The smallest absolute Gasteiger partial charge is 0.226 e. The zero-order valence-electron chi connectivity index (χ0n) is 16.2. The summed E-state index contributed by atoms with van der Waals surface area (Å²) in [5.74, 6) is 2.55. The number of likely N-dealkylation sites (tertiary alicyclic amines) is 1. The third kappa shape index (κ3) is 5.24. The third-order valence-electron chi connectivity index (χ3n) is 5.09. The van der Waals surface area contributed by atoms with Crippen molar-refractivity contribution in [3.05, 3.63) is 35.7 Å². The molecule has 0 spiro atoms. The third-order valence-corrected chi connectivity index (χ3v) is 5.09. The maximum Gasteiger partial charge on any atom is 0.226 e. The Labute approximate surface area is 163 Å². The van der Waals surface area contributed by atoms with E-state index in [1.807, 2.05) is 31.2 Å². The number of rotatable bonds is 8. The monoisotopic (exact) mass is 378 g/mol. The van der Waals surface area contributed by atoms with E-state index in [1.165, 1.54) is 19.4 Å². The van der Waals surface area contributed by atoms with Gasteiger partial charge < -0.3 is 14.1 Å². The van der Waals surface area contributed by atoms with E-state index < -0.39 is 0 Å². The van der Waals surface area contributed by atoms with Crippen molar-refractivity contribution in [2.75, 3.05) is 19.7 Å². The molecular formula is C21H31ClN2O2. The molecule has 0 saturated carbocycles. The van der Waals surface area contributed by atoms with Crippen LogP contribution >= 0.6 is 12.4 Å². The number of aromatic nitrogens is 1. The molecule has 0 aliphatic carbocycles. The molecule has 0 amide bonds. The highest BCUT2D eigenvalue weighted by molar-refractivity contribution is 5.85. The first kappa shape index (κ1) is 20.8. The Kier molecular flexibility index (Phi) is 7.98. The fourth-order valence-electron chi connectivity index (χ4n) is 3.39. The Balaban J connectivity index is 0.00000243. The number of aryl methyl sites for hydroxylation is 1. The molecule has 1 aliphatic rings. The number of hydrogen-bond acceptors (Lipinski definition) is 4. The summed E-state index contributed by atoms with van der Waals surface area (Å²) in [6.45, 7) is 9.55. The van der Waals surface area contributed by atoms with Crippen molar-refractivity contribution in [1.29, 1.82) is 0 Å². The van der Waals surface area contributed by atoms with Crippen LogP contribution < -0.4 is 4.74 Å². The van der Waals surface area contributed by atoms with Crippen LogP contribution in [0.25, 0.3) is 11.5 Å². The summed E-state index contributed by atoms with van der Waals surface area (Å²) in [5, 5.41) is 0. The Morgan fingerprint density at radius 2 is 2.04 bits per heavy atom. The molecule has 26 heavy (non-hydrogen) atoms. The molecule has 0 radical (unpaired) electrons. The highest BCUT2D eigenvalue weighted by Crippen LogP contribution is 2.25. The molecule has 0 bridgehead atoms. The lowest BCUT2D eigenvalue weighted by Crippen LogP contribution is -2.29. The maximum atomic E-state index is 5.91. The van der Waals surface area contributed by atoms with Gasteiger partial charge in [0.25, 0.3) is 0 Å². The van der Waals surface area contributed by atoms with Gasteiger partial charge in [0, 0.05) is 24.6 Å². The van der Waals surface area contributed by atoms with E-state index in [0.717, 1.165) is 55.2 Å². The van der Waals surface area contributed by atoms with Gasteiger partial charge in [-0.1, -0.05) is 13.3 Å². The van der Waals surface area contributed by atoms with Crippen molar-refractivity contribution >= 4 is 12.4 Å². The molecule has 1 aliphatic heterocycles. The molecular weight excluding hydrogens is 348 g/mol. The number of ether oxygens (including phenoxy) is 1. The van der Waals surface area contributed by atoms with Gasteiger partial charge in [-0.25, -0.2) is 4.98 Å². The molecule has 144 valence electrons. The Bertz CT molecular complexity index is 669. The molecule has 0 N–H and O–H groups in total. The fourth-order valence-corrected chi connectivity index (χ4v) is 3.39. The summed E-state index contributed by atoms with van der Waals surface area (Å²) in [6.07, 6.45) is 5.82. The van der Waals surface area contributed by atoms with Crippen LogP contribution in [-0.4, -0.2) is 35.6 Å². The van der Waals surface area contributed by atoms with Crippen molar-refractivity contribution in [3.63, 3.8) is 0 Å². The van der Waals surface area contributed by atoms with Crippen LogP contribution in [0.4, 0.5) is 0 Å². The summed E-state index contributed by atoms with van der Waals surface area (Å²) >= 11 is 0. The van der Waals surface area contributed by atoms with Gasteiger partial charge in [0.2, 0.25) is 5.89 Å². The average molecular weight is 379 g/mol. The van der Waals surface area contributed by atoms with E-state index in [-0.39, 0.29) is 12.4 Å². The second kappa shape index (κ2) is 9.98. The van der Waals surface area contributed by atoms with Crippen LogP contribution in [0.3, 0.4) is 0 Å². The highest BCUT2D eigenvalue weighted by Gasteiger charge is 2.21. The summed E-state index contributed by atoms with van der Waals surface area (Å²) in [5.41, 5.74) is 2.09. The number of halogens is 1. The molecule has 1 atom stereocenters. The fraction of sp³-hybridized carbons (Fsp3) is 0.571. The number of hydrogen-bond donors (Lipinski definition) is 0. The molecule has 1 aromatic heterocycles. The predicted octanol–water partition coefficient (Wildman–Crippen LogP) is 5.28. The Morgan fingerprint density at radius 1 is 1.27 bits per heavy atom. The minimum absolute atomic E-state index is 0. The van der Waals surface area contributed by atoms with Crippen LogP contribution in [0.5, 0.6) is 5.75 Å². The van der Waals surface area contributed by atoms with Crippen LogP contribution in [0.2, 0.25) is 0 Å². The first-order chi connectivity index (χ1) is 12.2. The number of nitrogens with zero attached hydrogens (tertiary/aromatic N) is 2. The van der Waals surface area contributed by atoms with Gasteiger partial charge >= 0.3 is 0 Å². The van der Waals surface area contributed by atoms with Gasteiger partial charge in [0.1, 0.15) is 11.5 Å². The number of benzene rings is 1. The van der Waals surface area contributed by atoms with E-state index in [1.54, 1.807) is 0 Å². The molecule has 4 nitrogen and oxygen atoms in total. The highest BCUT2D eigenvalue weighted by atomic mass is 35.5. The van der Waals surface area contributed by atoms with Crippen molar-refractivity contribution in [2.24, 2.45) is 0 Å². The summed E-state index contributed by atoms with van der Waals surface area (Å²) < 4.78 is 11.6. The normalized spacial score (nSPS) is 17.3. The van der Waals surface area contributed by atoms with Crippen LogP contribution in [-0.2, 0) is 6.42 Å². The first-order valence-corrected chi connectivity index (χ1v) is 9.61. The zero-order valence-corrected chi connectivity index (χ0v) is 17.0. The molecule has 2 aromatic rings. The molecule has 1 unspecified atom stereocenters. The minimum Gasteiger partial charge on any atom is -0.494 e. The Morgan fingerprint density at radius 3 is 2.69 bits per heavy atom. The van der Waals surface area contributed by atoms with Gasteiger partial charge in [-0.2, -0.15) is 0 Å². The van der Waals surface area contributed by atoms with Crippen LogP contribution in [0, 0.1) is 6.92 Å². The molecule has 1 aromatic carbocycles. The van der Waals surface area contributed by atoms with E-state index >= 15 is 0 Å².